The lowest BCUT2D eigenvalue weighted by Crippen LogP contribution is -2.34. The molecule has 2 nitrogen and oxygen atoms in total. The van der Waals surface area contributed by atoms with Gasteiger partial charge < -0.3 is 5.32 Å². The van der Waals surface area contributed by atoms with Crippen LogP contribution in [0.15, 0.2) is 0 Å². The fourth-order valence-corrected chi connectivity index (χ4v) is 2.24. The van der Waals surface area contributed by atoms with Gasteiger partial charge in [0.15, 0.2) is 0 Å². The highest BCUT2D eigenvalue weighted by atomic mass is 16.1. The van der Waals surface area contributed by atoms with Crippen molar-refractivity contribution in [1.29, 1.82) is 0 Å². The predicted octanol–water partition coefficient (Wildman–Crippen LogP) is 1.35. The Labute approximate surface area is 73.7 Å². The van der Waals surface area contributed by atoms with Crippen molar-refractivity contribution in [2.45, 2.75) is 38.6 Å². The lowest BCUT2D eigenvalue weighted by molar-refractivity contribution is -0.129. The normalized spacial score (nSPS) is 36.4. The fraction of sp³-hybridized carbons (Fsp3) is 0.900. The molecule has 0 aromatic heterocycles. The summed E-state index contributed by atoms with van der Waals surface area (Å²) in [5, 5.41) is 3.33. The van der Waals surface area contributed by atoms with E-state index < -0.39 is 0 Å². The minimum absolute atomic E-state index is 0.329. The van der Waals surface area contributed by atoms with E-state index >= 15 is 0 Å². The summed E-state index contributed by atoms with van der Waals surface area (Å²) in [4.78, 5) is 11.8. The quantitative estimate of drug-likeness (QED) is 0.672. The molecule has 0 radical (unpaired) electrons. The Morgan fingerprint density at radius 2 is 2.08 bits per heavy atom. The molecule has 0 spiro atoms. The third-order valence-corrected chi connectivity index (χ3v) is 3.40. The highest BCUT2D eigenvalue weighted by Gasteiger charge is 2.35. The minimum Gasteiger partial charge on any atom is -0.314 e. The Hall–Kier alpha value is -0.370. The van der Waals surface area contributed by atoms with Gasteiger partial charge in [-0.2, -0.15) is 0 Å². The van der Waals surface area contributed by atoms with Gasteiger partial charge in [-0.1, -0.05) is 6.42 Å². The lowest BCUT2D eigenvalue weighted by atomic mass is 9.76. The Morgan fingerprint density at radius 3 is 2.50 bits per heavy atom. The van der Waals surface area contributed by atoms with Crippen LogP contribution >= 0.6 is 0 Å². The van der Waals surface area contributed by atoms with Crippen LogP contribution in [0, 0.1) is 11.8 Å². The zero-order valence-electron chi connectivity index (χ0n) is 7.68. The van der Waals surface area contributed by atoms with E-state index in [0.717, 1.165) is 25.8 Å². The molecule has 2 unspecified atom stereocenters. The van der Waals surface area contributed by atoms with Crippen LogP contribution in [0.2, 0.25) is 0 Å². The number of nitrogens with one attached hydrogen (secondary N) is 1. The topological polar surface area (TPSA) is 29.1 Å². The van der Waals surface area contributed by atoms with Crippen LogP contribution in [-0.2, 0) is 4.79 Å². The van der Waals surface area contributed by atoms with E-state index in [-0.39, 0.29) is 0 Å². The largest absolute Gasteiger partial charge is 0.314 e. The molecule has 0 amide bonds. The molecule has 2 heteroatoms. The Kier molecular flexibility index (Phi) is 2.18. The Balaban J connectivity index is 1.93. The van der Waals surface area contributed by atoms with Gasteiger partial charge in [0.25, 0.3) is 0 Å². The second-order valence-electron chi connectivity index (χ2n) is 4.17. The van der Waals surface area contributed by atoms with Crippen molar-refractivity contribution in [2.24, 2.45) is 11.8 Å². The van der Waals surface area contributed by atoms with Gasteiger partial charge in [-0.15, -0.1) is 0 Å². The Morgan fingerprint density at radius 1 is 1.33 bits per heavy atom. The van der Waals surface area contributed by atoms with Gasteiger partial charge in [-0.25, -0.2) is 0 Å². The summed E-state index contributed by atoms with van der Waals surface area (Å²) >= 11 is 0. The summed E-state index contributed by atoms with van der Waals surface area (Å²) in [6, 6.07) is 0.429. The SMILES string of the molecule is CC1NCCC1C(=O)C1CCC1. The molecule has 2 atom stereocenters. The van der Waals surface area contributed by atoms with Crippen LogP contribution in [0.4, 0.5) is 0 Å². The summed E-state index contributed by atoms with van der Waals surface area (Å²) in [7, 11) is 0. The average molecular weight is 167 g/mol. The van der Waals surface area contributed by atoms with Crippen molar-refractivity contribution >= 4 is 5.78 Å². The zero-order chi connectivity index (χ0) is 8.55. The van der Waals surface area contributed by atoms with E-state index in [2.05, 4.69) is 12.2 Å². The van der Waals surface area contributed by atoms with Crippen LogP contribution in [0.5, 0.6) is 0 Å². The molecular formula is C10H17NO. The molecule has 1 saturated heterocycles. The van der Waals surface area contributed by atoms with Gasteiger partial charge in [0.2, 0.25) is 0 Å². The maximum absolute atomic E-state index is 11.8. The van der Waals surface area contributed by atoms with Gasteiger partial charge in [-0.05, 0) is 32.7 Å². The molecule has 1 heterocycles. The number of hydrogen-bond donors (Lipinski definition) is 1. The van der Waals surface area contributed by atoms with Crippen LogP contribution in [0.1, 0.15) is 32.6 Å². The number of carbonyl (C=O) groups excluding carboxylic acids is 1. The summed E-state index contributed by atoms with van der Waals surface area (Å²) < 4.78 is 0. The van der Waals surface area contributed by atoms with Gasteiger partial charge in [0.1, 0.15) is 5.78 Å². The molecule has 1 aliphatic heterocycles. The van der Waals surface area contributed by atoms with E-state index in [9.17, 15) is 4.79 Å². The first-order valence-corrected chi connectivity index (χ1v) is 5.06. The first-order chi connectivity index (χ1) is 5.79. The first kappa shape index (κ1) is 8.24. The molecule has 1 aliphatic carbocycles. The van der Waals surface area contributed by atoms with Crippen LogP contribution in [0.3, 0.4) is 0 Å². The van der Waals surface area contributed by atoms with Gasteiger partial charge in [0.05, 0.1) is 0 Å². The molecule has 0 aromatic rings. The second kappa shape index (κ2) is 3.17. The zero-order valence-corrected chi connectivity index (χ0v) is 7.68. The van der Waals surface area contributed by atoms with Crippen molar-refractivity contribution < 1.29 is 4.79 Å². The fourth-order valence-electron chi connectivity index (χ4n) is 2.24. The van der Waals surface area contributed by atoms with Crippen molar-refractivity contribution in [1.82, 2.24) is 5.32 Å². The van der Waals surface area contributed by atoms with E-state index in [4.69, 9.17) is 0 Å². The highest BCUT2D eigenvalue weighted by molar-refractivity contribution is 5.85. The van der Waals surface area contributed by atoms with Gasteiger partial charge in [0, 0.05) is 17.9 Å². The number of carbonyl (C=O) groups is 1. The molecule has 68 valence electrons. The van der Waals surface area contributed by atoms with Crippen molar-refractivity contribution in [2.75, 3.05) is 6.54 Å². The number of hydrogen-bond acceptors (Lipinski definition) is 2. The smallest absolute Gasteiger partial charge is 0.140 e. The maximum Gasteiger partial charge on any atom is 0.140 e. The average Bonchev–Trinajstić information content (AvgIpc) is 2.31. The number of ketones is 1. The van der Waals surface area contributed by atoms with Crippen LogP contribution < -0.4 is 5.32 Å². The monoisotopic (exact) mass is 167 g/mol. The van der Waals surface area contributed by atoms with Crippen molar-refractivity contribution in [3.63, 3.8) is 0 Å². The lowest BCUT2D eigenvalue weighted by Gasteiger charge is -2.27. The summed E-state index contributed by atoms with van der Waals surface area (Å²) in [5.74, 6) is 1.30. The van der Waals surface area contributed by atoms with E-state index in [1.54, 1.807) is 0 Å². The summed E-state index contributed by atoms with van der Waals surface area (Å²) in [6.07, 6.45) is 4.64. The second-order valence-corrected chi connectivity index (χ2v) is 4.17. The molecule has 2 aliphatic rings. The molecule has 0 aromatic carbocycles. The molecule has 2 fully saturated rings. The number of Topliss-reactive ketones (excluding diaryl/α,β-unsaturated/α-hetero) is 1. The first-order valence-electron chi connectivity index (χ1n) is 5.06. The standard InChI is InChI=1S/C10H17NO/c1-7-9(5-6-11-7)10(12)8-3-2-4-8/h7-9,11H,2-6H2,1H3. The van der Waals surface area contributed by atoms with E-state index in [1.807, 2.05) is 0 Å². The maximum atomic E-state index is 11.8. The van der Waals surface area contributed by atoms with Crippen molar-refractivity contribution in [3.05, 3.63) is 0 Å². The third-order valence-electron chi connectivity index (χ3n) is 3.40. The molecule has 1 N–H and O–H groups in total. The molecule has 2 rings (SSSR count). The third kappa shape index (κ3) is 1.28. The molecule has 1 saturated carbocycles. The van der Waals surface area contributed by atoms with E-state index in [0.29, 0.717) is 23.7 Å². The minimum atomic E-state index is 0.329. The molecule has 0 bridgehead atoms. The summed E-state index contributed by atoms with van der Waals surface area (Å²) in [5.41, 5.74) is 0. The predicted molar refractivity (Wildman–Crippen MR) is 47.9 cm³/mol. The van der Waals surface area contributed by atoms with Crippen LogP contribution in [0.25, 0.3) is 0 Å². The van der Waals surface area contributed by atoms with E-state index in [1.165, 1.54) is 6.42 Å². The van der Waals surface area contributed by atoms with Crippen LogP contribution in [-0.4, -0.2) is 18.4 Å². The summed E-state index contributed by atoms with van der Waals surface area (Å²) in [6.45, 7) is 3.17. The highest BCUT2D eigenvalue weighted by Crippen LogP contribution is 2.32. The van der Waals surface area contributed by atoms with Gasteiger partial charge >= 0.3 is 0 Å². The molecule has 12 heavy (non-hydrogen) atoms. The molecular weight excluding hydrogens is 150 g/mol. The van der Waals surface area contributed by atoms with Crippen molar-refractivity contribution in [3.8, 4) is 0 Å². The Bertz CT molecular complexity index is 186. The van der Waals surface area contributed by atoms with Gasteiger partial charge in [-0.3, -0.25) is 4.79 Å². The number of rotatable bonds is 2.